The maximum absolute atomic E-state index is 13.3. The normalized spacial score (nSPS) is 17.5. The van der Waals surface area contributed by atoms with Crippen molar-refractivity contribution in [2.45, 2.75) is 12.5 Å². The summed E-state index contributed by atoms with van der Waals surface area (Å²) < 4.78 is 13.2. The summed E-state index contributed by atoms with van der Waals surface area (Å²) in [7, 11) is 0. The third kappa shape index (κ3) is 4.30. The number of hydrogen-bond donors (Lipinski definition) is 0. The number of carbonyl (C=O) groups excluding carboxylic acids is 2. The van der Waals surface area contributed by atoms with Gasteiger partial charge in [0.05, 0.1) is 17.4 Å². The van der Waals surface area contributed by atoms with E-state index in [0.29, 0.717) is 31.7 Å². The fourth-order valence-corrected chi connectivity index (χ4v) is 4.65. The summed E-state index contributed by atoms with van der Waals surface area (Å²) in [6.07, 6.45) is 1.18. The second-order valence-electron chi connectivity index (χ2n) is 8.46. The number of amides is 2. The molecule has 1 unspecified atom stereocenters. The highest BCUT2D eigenvalue weighted by molar-refractivity contribution is 6.11. The maximum Gasteiger partial charge on any atom is 0.287 e. The molecular formula is C25H22FN5O4. The van der Waals surface area contributed by atoms with Gasteiger partial charge in [0.1, 0.15) is 17.8 Å². The zero-order valence-electron chi connectivity index (χ0n) is 18.7. The highest BCUT2D eigenvalue weighted by atomic mass is 19.1. The van der Waals surface area contributed by atoms with Crippen molar-refractivity contribution in [3.63, 3.8) is 0 Å². The van der Waals surface area contributed by atoms with Gasteiger partial charge in [0.2, 0.25) is 5.91 Å². The van der Waals surface area contributed by atoms with E-state index in [2.05, 4.69) is 9.88 Å². The molecule has 2 aromatic carbocycles. The van der Waals surface area contributed by atoms with Crippen LogP contribution in [-0.2, 0) is 4.79 Å². The summed E-state index contributed by atoms with van der Waals surface area (Å²) in [5, 5.41) is 11.0. The number of hydrogen-bond acceptors (Lipinski definition) is 6. The summed E-state index contributed by atoms with van der Waals surface area (Å²) >= 11 is 0. The molecule has 1 aromatic heterocycles. The lowest BCUT2D eigenvalue weighted by Gasteiger charge is -2.37. The van der Waals surface area contributed by atoms with Crippen molar-refractivity contribution in [2.24, 2.45) is 0 Å². The van der Waals surface area contributed by atoms with Crippen molar-refractivity contribution < 1.29 is 18.9 Å². The van der Waals surface area contributed by atoms with E-state index in [1.165, 1.54) is 29.2 Å². The minimum absolute atomic E-state index is 0.0674. The molecule has 0 N–H and O–H groups in total. The molecule has 3 aromatic rings. The second kappa shape index (κ2) is 9.13. The Kier molecular flexibility index (Phi) is 5.86. The molecule has 10 heteroatoms. The molecule has 1 saturated heterocycles. The largest absolute Gasteiger partial charge is 0.368 e. The minimum Gasteiger partial charge on any atom is -0.368 e. The average Bonchev–Trinajstić information content (AvgIpc) is 3.16. The first-order valence-electron chi connectivity index (χ1n) is 11.2. The standard InChI is InChI=1S/C25H22FN5O4/c26-17-5-7-18(8-6-17)28-11-13-29(14-12-28)24(32)15-22-20-3-1-2-4-21(20)25(33)30(22)23-10-9-19(16-27-23)31(34)35/h1-10,16,22H,11-15H2. The number of piperazine rings is 1. The highest BCUT2D eigenvalue weighted by Crippen LogP contribution is 2.39. The first-order valence-corrected chi connectivity index (χ1v) is 11.2. The molecule has 2 amide bonds. The molecule has 0 saturated carbocycles. The summed E-state index contributed by atoms with van der Waals surface area (Å²) in [4.78, 5) is 46.4. The first-order chi connectivity index (χ1) is 16.9. The highest BCUT2D eigenvalue weighted by Gasteiger charge is 2.40. The monoisotopic (exact) mass is 475 g/mol. The predicted octanol–water partition coefficient (Wildman–Crippen LogP) is 3.57. The Morgan fingerprint density at radius 1 is 1.03 bits per heavy atom. The molecule has 0 spiro atoms. The lowest BCUT2D eigenvalue weighted by atomic mass is 10.0. The molecule has 2 aliphatic heterocycles. The number of pyridine rings is 1. The molecule has 0 radical (unpaired) electrons. The lowest BCUT2D eigenvalue weighted by Crippen LogP contribution is -2.49. The van der Waals surface area contributed by atoms with Gasteiger partial charge in [0.15, 0.2) is 0 Å². The number of fused-ring (bicyclic) bond motifs is 1. The van der Waals surface area contributed by atoms with Crippen LogP contribution in [0.2, 0.25) is 0 Å². The number of nitro groups is 1. The quantitative estimate of drug-likeness (QED) is 0.413. The van der Waals surface area contributed by atoms with Gasteiger partial charge in [-0.05, 0) is 42.0 Å². The maximum atomic E-state index is 13.3. The van der Waals surface area contributed by atoms with E-state index in [1.54, 1.807) is 29.2 Å². The Hall–Kier alpha value is -4.34. The van der Waals surface area contributed by atoms with Crippen molar-refractivity contribution >= 4 is 29.0 Å². The number of benzene rings is 2. The van der Waals surface area contributed by atoms with Crippen LogP contribution in [0.1, 0.15) is 28.4 Å². The van der Waals surface area contributed by atoms with E-state index in [9.17, 15) is 24.1 Å². The van der Waals surface area contributed by atoms with E-state index >= 15 is 0 Å². The van der Waals surface area contributed by atoms with Crippen LogP contribution in [-0.4, -0.2) is 52.8 Å². The van der Waals surface area contributed by atoms with Gasteiger partial charge in [0, 0.05) is 43.5 Å². The van der Waals surface area contributed by atoms with Gasteiger partial charge in [-0.1, -0.05) is 18.2 Å². The summed E-state index contributed by atoms with van der Waals surface area (Å²) in [6.45, 7) is 2.25. The lowest BCUT2D eigenvalue weighted by molar-refractivity contribution is -0.385. The second-order valence-corrected chi connectivity index (χ2v) is 8.46. The fraction of sp³-hybridized carbons (Fsp3) is 0.240. The molecule has 2 aliphatic rings. The van der Waals surface area contributed by atoms with Crippen LogP contribution in [0.4, 0.5) is 21.6 Å². The number of aromatic nitrogens is 1. The molecular weight excluding hydrogens is 453 g/mol. The van der Waals surface area contributed by atoms with Crippen LogP contribution in [0.25, 0.3) is 0 Å². The van der Waals surface area contributed by atoms with Gasteiger partial charge < -0.3 is 9.80 Å². The Morgan fingerprint density at radius 2 is 1.74 bits per heavy atom. The van der Waals surface area contributed by atoms with Crippen LogP contribution in [0.3, 0.4) is 0 Å². The topological polar surface area (TPSA) is 99.9 Å². The van der Waals surface area contributed by atoms with Crippen molar-refractivity contribution in [3.05, 3.63) is 93.9 Å². The van der Waals surface area contributed by atoms with E-state index < -0.39 is 11.0 Å². The molecule has 9 nitrogen and oxygen atoms in total. The zero-order chi connectivity index (χ0) is 24.5. The van der Waals surface area contributed by atoms with Crippen molar-refractivity contribution in [1.29, 1.82) is 0 Å². The van der Waals surface area contributed by atoms with Crippen LogP contribution < -0.4 is 9.80 Å². The van der Waals surface area contributed by atoms with E-state index in [0.717, 1.165) is 17.4 Å². The van der Waals surface area contributed by atoms with Gasteiger partial charge in [-0.15, -0.1) is 0 Å². The molecule has 0 aliphatic carbocycles. The molecule has 3 heterocycles. The van der Waals surface area contributed by atoms with Crippen LogP contribution in [0.15, 0.2) is 66.9 Å². The Bertz CT molecular complexity index is 1270. The van der Waals surface area contributed by atoms with Crippen molar-refractivity contribution in [3.8, 4) is 0 Å². The fourth-order valence-electron chi connectivity index (χ4n) is 4.65. The predicted molar refractivity (Wildman–Crippen MR) is 127 cm³/mol. The van der Waals surface area contributed by atoms with Crippen LogP contribution >= 0.6 is 0 Å². The number of anilines is 2. The number of rotatable bonds is 5. The molecule has 178 valence electrons. The van der Waals surface area contributed by atoms with Gasteiger partial charge in [-0.2, -0.15) is 0 Å². The van der Waals surface area contributed by atoms with Crippen molar-refractivity contribution in [2.75, 3.05) is 36.0 Å². The van der Waals surface area contributed by atoms with Gasteiger partial charge in [-0.3, -0.25) is 24.6 Å². The minimum atomic E-state index is -0.560. The molecule has 0 bridgehead atoms. The molecule has 5 rings (SSSR count). The van der Waals surface area contributed by atoms with Crippen LogP contribution in [0, 0.1) is 15.9 Å². The zero-order valence-corrected chi connectivity index (χ0v) is 18.7. The number of nitrogens with zero attached hydrogens (tertiary/aromatic N) is 5. The average molecular weight is 475 g/mol. The van der Waals surface area contributed by atoms with E-state index in [4.69, 9.17) is 0 Å². The van der Waals surface area contributed by atoms with Gasteiger partial charge >= 0.3 is 0 Å². The van der Waals surface area contributed by atoms with Crippen LogP contribution in [0.5, 0.6) is 0 Å². The molecule has 1 fully saturated rings. The number of carbonyl (C=O) groups is 2. The summed E-state index contributed by atoms with van der Waals surface area (Å²) in [5.74, 6) is -0.414. The summed E-state index contributed by atoms with van der Waals surface area (Å²) in [6, 6.07) is 15.6. The molecule has 35 heavy (non-hydrogen) atoms. The number of halogens is 1. The van der Waals surface area contributed by atoms with E-state index in [-0.39, 0.29) is 35.6 Å². The first kappa shape index (κ1) is 22.5. The van der Waals surface area contributed by atoms with Gasteiger partial charge in [-0.25, -0.2) is 9.37 Å². The Balaban J connectivity index is 1.33. The SMILES string of the molecule is O=C(CC1c2ccccc2C(=O)N1c1ccc([N+](=O)[O-])cn1)N1CCN(c2ccc(F)cc2)CC1. The Labute approximate surface area is 200 Å². The molecule has 1 atom stereocenters. The van der Waals surface area contributed by atoms with E-state index in [1.807, 2.05) is 12.1 Å². The smallest absolute Gasteiger partial charge is 0.287 e. The Morgan fingerprint density at radius 3 is 2.40 bits per heavy atom. The van der Waals surface area contributed by atoms with Gasteiger partial charge in [0.25, 0.3) is 11.6 Å². The third-order valence-corrected chi connectivity index (χ3v) is 6.46. The third-order valence-electron chi connectivity index (χ3n) is 6.46. The van der Waals surface area contributed by atoms with Crippen molar-refractivity contribution in [1.82, 2.24) is 9.88 Å². The summed E-state index contributed by atoms with van der Waals surface area (Å²) in [5.41, 5.74) is 1.95.